The number of ether oxygens (including phenoxy) is 1. The van der Waals surface area contributed by atoms with Gasteiger partial charge >= 0.3 is 0 Å². The number of phenols is 1. The van der Waals surface area contributed by atoms with Gasteiger partial charge in [-0.3, -0.25) is 0 Å². The first-order valence-electron chi connectivity index (χ1n) is 5.97. The van der Waals surface area contributed by atoms with Gasteiger partial charge in [-0.05, 0) is 30.2 Å². The van der Waals surface area contributed by atoms with Crippen molar-refractivity contribution in [2.24, 2.45) is 0 Å². The van der Waals surface area contributed by atoms with Gasteiger partial charge in [0.2, 0.25) is 0 Å². The van der Waals surface area contributed by atoms with E-state index in [0.29, 0.717) is 11.9 Å². The van der Waals surface area contributed by atoms with E-state index >= 15 is 0 Å². The minimum atomic E-state index is 0.245. The van der Waals surface area contributed by atoms with E-state index in [0.717, 1.165) is 12.2 Å². The van der Waals surface area contributed by atoms with E-state index in [1.807, 2.05) is 17.8 Å². The van der Waals surface area contributed by atoms with Crippen LogP contribution in [0.1, 0.15) is 5.56 Å². The Hall–Kier alpha value is -1.61. The number of hydrogen-bond donors (Lipinski definition) is 1. The van der Waals surface area contributed by atoms with Crippen molar-refractivity contribution >= 4 is 11.8 Å². The lowest BCUT2D eigenvalue weighted by Gasteiger charge is -2.10. The highest BCUT2D eigenvalue weighted by atomic mass is 32.2. The van der Waals surface area contributed by atoms with Gasteiger partial charge in [0.15, 0.2) is 0 Å². The Kier molecular flexibility index (Phi) is 3.15. The molecule has 0 aromatic heterocycles. The van der Waals surface area contributed by atoms with Gasteiger partial charge in [0.1, 0.15) is 18.1 Å². The zero-order valence-electron chi connectivity index (χ0n) is 9.87. The number of thioether (sulfide) groups is 1. The summed E-state index contributed by atoms with van der Waals surface area (Å²) in [7, 11) is 0. The number of hydrogen-bond acceptors (Lipinski definition) is 3. The molecule has 1 atom stereocenters. The molecule has 0 radical (unpaired) electrons. The van der Waals surface area contributed by atoms with Gasteiger partial charge in [0, 0.05) is 16.2 Å². The second-order valence-corrected chi connectivity index (χ2v) is 5.70. The van der Waals surface area contributed by atoms with E-state index < -0.39 is 0 Å². The van der Waals surface area contributed by atoms with E-state index in [1.54, 1.807) is 18.2 Å². The molecule has 3 heteroatoms. The second kappa shape index (κ2) is 4.94. The Morgan fingerprint density at radius 3 is 2.89 bits per heavy atom. The third-order valence-corrected chi connectivity index (χ3v) is 4.26. The molecule has 3 rings (SSSR count). The summed E-state index contributed by atoms with van der Waals surface area (Å²) >= 11 is 1.87. The minimum Gasteiger partial charge on any atom is -0.508 e. The minimum absolute atomic E-state index is 0.245. The Labute approximate surface area is 111 Å². The molecule has 1 heterocycles. The Balaban J connectivity index is 1.60. The van der Waals surface area contributed by atoms with E-state index in [1.165, 1.54) is 10.5 Å². The maximum absolute atomic E-state index is 9.36. The Morgan fingerprint density at radius 1 is 1.17 bits per heavy atom. The molecule has 0 amide bonds. The summed E-state index contributed by atoms with van der Waals surface area (Å²) in [6, 6.07) is 15.4. The molecular formula is C15H14O2S. The van der Waals surface area contributed by atoms with Crippen LogP contribution in [0.15, 0.2) is 53.4 Å². The molecule has 0 spiro atoms. The molecule has 1 N–H and O–H groups in total. The molecule has 18 heavy (non-hydrogen) atoms. The van der Waals surface area contributed by atoms with Gasteiger partial charge in [0.25, 0.3) is 0 Å². The van der Waals surface area contributed by atoms with Gasteiger partial charge in [-0.25, -0.2) is 0 Å². The van der Waals surface area contributed by atoms with Crippen LogP contribution in [0.3, 0.4) is 0 Å². The third-order valence-electron chi connectivity index (χ3n) is 2.97. The predicted molar refractivity (Wildman–Crippen MR) is 73.4 cm³/mol. The van der Waals surface area contributed by atoms with Gasteiger partial charge in [-0.15, -0.1) is 11.8 Å². The first-order valence-corrected chi connectivity index (χ1v) is 6.85. The fourth-order valence-corrected chi connectivity index (χ4v) is 3.33. The molecule has 1 unspecified atom stereocenters. The first-order chi connectivity index (χ1) is 8.81. The predicted octanol–water partition coefficient (Wildman–Crippen LogP) is 3.49. The molecule has 92 valence electrons. The van der Waals surface area contributed by atoms with E-state index in [4.69, 9.17) is 4.74 Å². The van der Waals surface area contributed by atoms with Gasteiger partial charge in [-0.1, -0.05) is 24.3 Å². The summed E-state index contributed by atoms with van der Waals surface area (Å²) in [5.41, 5.74) is 1.41. The van der Waals surface area contributed by atoms with Crippen LogP contribution in [0.25, 0.3) is 0 Å². The monoisotopic (exact) mass is 258 g/mol. The molecular weight excluding hydrogens is 244 g/mol. The second-order valence-electron chi connectivity index (χ2n) is 4.36. The normalized spacial score (nSPS) is 17.4. The van der Waals surface area contributed by atoms with Crippen molar-refractivity contribution in [3.8, 4) is 11.5 Å². The number of fused-ring (bicyclic) bond motifs is 1. The summed E-state index contributed by atoms with van der Waals surface area (Å²) in [6.45, 7) is 0.669. The quantitative estimate of drug-likeness (QED) is 0.914. The molecule has 2 aromatic rings. The Bertz CT molecular complexity index is 529. The van der Waals surface area contributed by atoms with E-state index in [-0.39, 0.29) is 5.75 Å². The van der Waals surface area contributed by atoms with Gasteiger partial charge in [0.05, 0.1) is 0 Å². The summed E-state index contributed by atoms with van der Waals surface area (Å²) in [5.74, 6) is 0.974. The number of rotatable bonds is 3. The molecule has 1 aliphatic rings. The zero-order chi connectivity index (χ0) is 12.4. The highest BCUT2D eigenvalue weighted by molar-refractivity contribution is 8.00. The smallest absolute Gasteiger partial charge is 0.123 e. The van der Waals surface area contributed by atoms with Crippen LogP contribution in [-0.2, 0) is 6.42 Å². The summed E-state index contributed by atoms with van der Waals surface area (Å²) in [5, 5.41) is 9.82. The van der Waals surface area contributed by atoms with Crippen molar-refractivity contribution in [3.63, 3.8) is 0 Å². The number of aromatic hydroxyl groups is 1. The zero-order valence-corrected chi connectivity index (χ0v) is 10.7. The largest absolute Gasteiger partial charge is 0.508 e. The van der Waals surface area contributed by atoms with Crippen molar-refractivity contribution < 1.29 is 9.84 Å². The fraction of sp³-hybridized carbons (Fsp3) is 0.200. The summed E-state index contributed by atoms with van der Waals surface area (Å²) < 4.78 is 5.72. The van der Waals surface area contributed by atoms with Crippen LogP contribution in [0.2, 0.25) is 0 Å². The van der Waals surface area contributed by atoms with Crippen LogP contribution in [-0.4, -0.2) is 17.0 Å². The van der Waals surface area contributed by atoms with Gasteiger partial charge in [-0.2, -0.15) is 0 Å². The van der Waals surface area contributed by atoms with Crippen LogP contribution in [0.4, 0.5) is 0 Å². The number of phenolic OH excluding ortho intramolecular Hbond substituents is 1. The SMILES string of the molecule is Oc1cccc(OCC2Cc3ccccc3S2)c1. The average molecular weight is 258 g/mol. The molecule has 0 aliphatic carbocycles. The fourth-order valence-electron chi connectivity index (χ4n) is 2.11. The lowest BCUT2D eigenvalue weighted by molar-refractivity contribution is 0.315. The standard InChI is InChI=1S/C15H14O2S/c16-12-5-3-6-13(9-12)17-10-14-8-11-4-1-2-7-15(11)18-14/h1-7,9,14,16H,8,10H2. The molecule has 0 bridgehead atoms. The van der Waals surface area contributed by atoms with Crippen molar-refractivity contribution in [1.29, 1.82) is 0 Å². The summed E-state index contributed by atoms with van der Waals surface area (Å²) in [6.07, 6.45) is 1.06. The van der Waals surface area contributed by atoms with E-state index in [2.05, 4.69) is 24.3 Å². The van der Waals surface area contributed by atoms with Crippen LogP contribution in [0.5, 0.6) is 11.5 Å². The lowest BCUT2D eigenvalue weighted by atomic mass is 10.1. The first kappa shape index (κ1) is 11.5. The maximum atomic E-state index is 9.36. The maximum Gasteiger partial charge on any atom is 0.123 e. The highest BCUT2D eigenvalue weighted by Gasteiger charge is 2.22. The summed E-state index contributed by atoms with van der Waals surface area (Å²) in [4.78, 5) is 1.36. The lowest BCUT2D eigenvalue weighted by Crippen LogP contribution is -2.13. The molecule has 2 nitrogen and oxygen atoms in total. The molecule has 0 fully saturated rings. The molecule has 0 saturated heterocycles. The third kappa shape index (κ3) is 2.46. The molecule has 2 aromatic carbocycles. The van der Waals surface area contributed by atoms with Crippen molar-refractivity contribution in [2.45, 2.75) is 16.6 Å². The van der Waals surface area contributed by atoms with Crippen LogP contribution in [0, 0.1) is 0 Å². The van der Waals surface area contributed by atoms with Crippen LogP contribution >= 0.6 is 11.8 Å². The topological polar surface area (TPSA) is 29.5 Å². The van der Waals surface area contributed by atoms with Crippen molar-refractivity contribution in [2.75, 3.05) is 6.61 Å². The average Bonchev–Trinajstić information content (AvgIpc) is 2.79. The highest BCUT2D eigenvalue weighted by Crippen LogP contribution is 2.36. The molecule has 1 aliphatic heterocycles. The van der Waals surface area contributed by atoms with E-state index in [9.17, 15) is 5.11 Å². The van der Waals surface area contributed by atoms with Crippen molar-refractivity contribution in [1.82, 2.24) is 0 Å². The molecule has 0 saturated carbocycles. The van der Waals surface area contributed by atoms with Crippen LogP contribution < -0.4 is 4.74 Å². The van der Waals surface area contributed by atoms with Crippen molar-refractivity contribution in [3.05, 3.63) is 54.1 Å². The Morgan fingerprint density at radius 2 is 2.06 bits per heavy atom. The number of benzene rings is 2. The van der Waals surface area contributed by atoms with Gasteiger partial charge < -0.3 is 9.84 Å².